The van der Waals surface area contributed by atoms with Crippen LogP contribution >= 0.6 is 23.1 Å². The summed E-state index contributed by atoms with van der Waals surface area (Å²) in [6.07, 6.45) is 5.09. The number of nitrogens with one attached hydrogen (secondary N) is 1. The first-order valence-electron chi connectivity index (χ1n) is 10.5. The fourth-order valence-electron chi connectivity index (χ4n) is 3.36. The highest BCUT2D eigenvalue weighted by Crippen LogP contribution is 2.31. The Morgan fingerprint density at radius 1 is 1.15 bits per heavy atom. The zero-order valence-electron chi connectivity index (χ0n) is 18.2. The van der Waals surface area contributed by atoms with Crippen LogP contribution in [0.4, 0.5) is 0 Å². The summed E-state index contributed by atoms with van der Waals surface area (Å²) in [4.78, 5) is 21.1. The predicted octanol–water partition coefficient (Wildman–Crippen LogP) is 4.91. The van der Waals surface area contributed by atoms with Crippen LogP contribution in [0.3, 0.4) is 0 Å². The van der Waals surface area contributed by atoms with E-state index in [-0.39, 0.29) is 5.91 Å². The lowest BCUT2D eigenvalue weighted by molar-refractivity contribution is 0.0943. The van der Waals surface area contributed by atoms with Gasteiger partial charge in [0.1, 0.15) is 16.5 Å². The molecule has 1 N–H and O–H groups in total. The van der Waals surface area contributed by atoms with Gasteiger partial charge in [-0.3, -0.25) is 14.3 Å². The zero-order valence-corrected chi connectivity index (χ0v) is 19.8. The Balaban J connectivity index is 1.35. The lowest BCUT2D eigenvalue weighted by atomic mass is 10.2. The van der Waals surface area contributed by atoms with E-state index in [0.29, 0.717) is 23.8 Å². The van der Waals surface area contributed by atoms with Crippen molar-refractivity contribution in [1.82, 2.24) is 30.0 Å². The van der Waals surface area contributed by atoms with Gasteiger partial charge in [-0.1, -0.05) is 30.0 Å². The lowest BCUT2D eigenvalue weighted by Crippen LogP contribution is -2.22. The smallest absolute Gasteiger partial charge is 0.271 e. The lowest BCUT2D eigenvalue weighted by Gasteiger charge is -2.12. The number of aryl methyl sites for hydroxylation is 1. The standard InChI is InChI=1S/C24H20N6O2S2/c1-16-6-2-3-9-20(16)30-22(17-7-4-10-25-12-17)28-29-24(30)34-15-21-27-19(14-33-21)23(31)26-13-18-8-5-11-32-18/h2-12,14H,13,15H2,1H3,(H,26,31). The number of carbonyl (C=O) groups excluding carboxylic acids is 1. The third-order valence-electron chi connectivity index (χ3n) is 5.02. The van der Waals surface area contributed by atoms with E-state index in [1.807, 2.05) is 41.0 Å². The molecule has 0 aliphatic heterocycles. The molecule has 0 aliphatic carbocycles. The number of furan rings is 1. The van der Waals surface area contributed by atoms with Gasteiger partial charge in [0.15, 0.2) is 11.0 Å². The maximum Gasteiger partial charge on any atom is 0.271 e. The molecule has 0 aliphatic rings. The van der Waals surface area contributed by atoms with Gasteiger partial charge in [0, 0.05) is 23.3 Å². The quantitative estimate of drug-likeness (QED) is 0.310. The molecule has 0 radical (unpaired) electrons. The third-order valence-corrected chi connectivity index (χ3v) is 6.99. The third kappa shape index (κ3) is 4.78. The normalized spacial score (nSPS) is 11.0. The van der Waals surface area contributed by atoms with Crippen molar-refractivity contribution in [2.75, 3.05) is 0 Å². The molecular weight excluding hydrogens is 468 g/mol. The molecule has 0 saturated heterocycles. The Hall–Kier alpha value is -3.76. The van der Waals surface area contributed by atoms with Crippen LogP contribution in [0, 0.1) is 6.92 Å². The van der Waals surface area contributed by atoms with E-state index in [9.17, 15) is 4.79 Å². The summed E-state index contributed by atoms with van der Waals surface area (Å²) < 4.78 is 7.29. The second kappa shape index (κ2) is 10.0. The van der Waals surface area contributed by atoms with Gasteiger partial charge in [-0.15, -0.1) is 21.5 Å². The van der Waals surface area contributed by atoms with Gasteiger partial charge in [0.2, 0.25) is 0 Å². The fraction of sp³-hybridized carbons (Fsp3) is 0.125. The van der Waals surface area contributed by atoms with Crippen LogP contribution in [0.25, 0.3) is 17.1 Å². The van der Waals surface area contributed by atoms with Gasteiger partial charge in [0.25, 0.3) is 5.91 Å². The molecule has 5 aromatic rings. The van der Waals surface area contributed by atoms with E-state index in [4.69, 9.17) is 4.42 Å². The van der Waals surface area contributed by atoms with Crippen molar-refractivity contribution in [2.45, 2.75) is 24.4 Å². The number of hydrogen-bond acceptors (Lipinski definition) is 8. The van der Waals surface area contributed by atoms with Gasteiger partial charge in [0.05, 0.1) is 24.2 Å². The summed E-state index contributed by atoms with van der Waals surface area (Å²) >= 11 is 2.97. The Kier molecular flexibility index (Phi) is 6.50. The van der Waals surface area contributed by atoms with Crippen molar-refractivity contribution < 1.29 is 9.21 Å². The molecule has 0 atom stereocenters. The van der Waals surface area contributed by atoms with Crippen molar-refractivity contribution in [3.63, 3.8) is 0 Å². The molecule has 4 aromatic heterocycles. The van der Waals surface area contributed by atoms with Crippen LogP contribution in [0.5, 0.6) is 0 Å². The highest BCUT2D eigenvalue weighted by molar-refractivity contribution is 7.98. The summed E-state index contributed by atoms with van der Waals surface area (Å²) in [5, 5.41) is 15.1. The Labute approximate surface area is 204 Å². The van der Waals surface area contributed by atoms with Gasteiger partial charge in [-0.05, 0) is 42.8 Å². The van der Waals surface area contributed by atoms with Gasteiger partial charge in [-0.2, -0.15) is 0 Å². The highest BCUT2D eigenvalue weighted by atomic mass is 32.2. The number of nitrogens with zero attached hydrogens (tertiary/aromatic N) is 5. The van der Waals surface area contributed by atoms with E-state index in [0.717, 1.165) is 32.8 Å². The maximum absolute atomic E-state index is 12.4. The zero-order chi connectivity index (χ0) is 23.3. The molecular formula is C24H20N6O2S2. The Morgan fingerprint density at radius 2 is 2.06 bits per heavy atom. The van der Waals surface area contributed by atoms with Crippen molar-refractivity contribution in [2.24, 2.45) is 0 Å². The number of carbonyl (C=O) groups is 1. The van der Waals surface area contributed by atoms with E-state index in [2.05, 4.69) is 38.5 Å². The second-order valence-corrected chi connectivity index (χ2v) is 9.23. The first-order valence-corrected chi connectivity index (χ1v) is 12.3. The summed E-state index contributed by atoms with van der Waals surface area (Å²) in [7, 11) is 0. The number of amides is 1. The van der Waals surface area contributed by atoms with E-state index >= 15 is 0 Å². The van der Waals surface area contributed by atoms with Crippen molar-refractivity contribution >= 4 is 29.0 Å². The summed E-state index contributed by atoms with van der Waals surface area (Å²) in [5.41, 5.74) is 3.39. The minimum absolute atomic E-state index is 0.231. The van der Waals surface area contributed by atoms with Crippen LogP contribution < -0.4 is 5.32 Å². The van der Waals surface area contributed by atoms with Gasteiger partial charge in [-0.25, -0.2) is 4.98 Å². The van der Waals surface area contributed by atoms with Gasteiger partial charge >= 0.3 is 0 Å². The number of thioether (sulfide) groups is 1. The molecule has 0 fully saturated rings. The molecule has 34 heavy (non-hydrogen) atoms. The summed E-state index contributed by atoms with van der Waals surface area (Å²) in [5.74, 6) is 1.75. The molecule has 10 heteroatoms. The topological polar surface area (TPSA) is 98.7 Å². The number of pyridine rings is 1. The number of rotatable bonds is 8. The Morgan fingerprint density at radius 3 is 2.85 bits per heavy atom. The molecule has 1 amide bonds. The summed E-state index contributed by atoms with van der Waals surface area (Å²) in [6.45, 7) is 2.38. The van der Waals surface area contributed by atoms with Crippen LogP contribution in [0.15, 0.2) is 82.1 Å². The molecule has 8 nitrogen and oxygen atoms in total. The number of hydrogen-bond donors (Lipinski definition) is 1. The first kappa shape index (κ1) is 22.1. The average molecular weight is 489 g/mol. The molecule has 1 aromatic carbocycles. The van der Waals surface area contributed by atoms with E-state index in [1.165, 1.54) is 23.1 Å². The van der Waals surface area contributed by atoms with Crippen LogP contribution in [0.1, 0.15) is 26.8 Å². The highest BCUT2D eigenvalue weighted by Gasteiger charge is 2.19. The molecule has 0 unspecified atom stereocenters. The molecule has 4 heterocycles. The van der Waals surface area contributed by atoms with Crippen molar-refractivity contribution in [3.8, 4) is 17.1 Å². The number of thiazole rings is 1. The monoisotopic (exact) mass is 488 g/mol. The van der Waals surface area contributed by atoms with Gasteiger partial charge < -0.3 is 9.73 Å². The van der Waals surface area contributed by atoms with Crippen molar-refractivity contribution in [1.29, 1.82) is 0 Å². The van der Waals surface area contributed by atoms with E-state index < -0.39 is 0 Å². The van der Waals surface area contributed by atoms with Crippen molar-refractivity contribution in [3.05, 3.63) is 94.6 Å². The fourth-order valence-corrected chi connectivity index (χ4v) is 5.09. The molecule has 0 spiro atoms. The van der Waals surface area contributed by atoms with Crippen LogP contribution in [-0.2, 0) is 12.3 Å². The van der Waals surface area contributed by atoms with Crippen LogP contribution in [0.2, 0.25) is 0 Å². The number of aromatic nitrogens is 5. The maximum atomic E-state index is 12.4. The predicted molar refractivity (Wildman–Crippen MR) is 131 cm³/mol. The Bertz CT molecular complexity index is 1400. The second-order valence-electron chi connectivity index (χ2n) is 7.35. The molecule has 0 saturated carbocycles. The summed E-state index contributed by atoms with van der Waals surface area (Å²) in [6, 6.07) is 15.6. The SMILES string of the molecule is Cc1ccccc1-n1c(SCc2nc(C(=O)NCc3ccco3)cs2)nnc1-c1cccnc1. The average Bonchev–Trinajstić information content (AvgIpc) is 3.63. The van der Waals surface area contributed by atoms with Crippen LogP contribution in [-0.4, -0.2) is 30.6 Å². The number of benzene rings is 1. The first-order chi connectivity index (χ1) is 16.7. The van der Waals surface area contributed by atoms with E-state index in [1.54, 1.807) is 30.1 Å². The molecule has 0 bridgehead atoms. The number of para-hydroxylation sites is 1. The minimum atomic E-state index is -0.231. The minimum Gasteiger partial charge on any atom is -0.467 e. The largest absolute Gasteiger partial charge is 0.467 e. The molecule has 5 rings (SSSR count). The molecule has 170 valence electrons.